The van der Waals surface area contributed by atoms with E-state index in [1.807, 2.05) is 13.8 Å². The first kappa shape index (κ1) is 26.9. The van der Waals surface area contributed by atoms with E-state index < -0.39 is 30.7 Å². The second-order valence-corrected chi connectivity index (χ2v) is 12.2. The Morgan fingerprint density at radius 1 is 0.724 bits per heavy atom. The maximum Gasteiger partial charge on any atom is 0.270 e. The Morgan fingerprint density at radius 3 is 1.41 bits per heavy atom. The first-order chi connectivity index (χ1) is 13.7. The molecule has 0 aromatic heterocycles. The molecule has 0 saturated heterocycles. The summed E-state index contributed by atoms with van der Waals surface area (Å²) in [5, 5.41) is -1.51. The zero-order valence-electron chi connectivity index (χ0n) is 18.8. The molecule has 1 fully saturated rings. The first-order valence-electron chi connectivity index (χ1n) is 11.5. The van der Waals surface area contributed by atoms with Crippen molar-refractivity contribution < 1.29 is 25.2 Å². The van der Waals surface area contributed by atoms with Crippen molar-refractivity contribution in [2.45, 2.75) is 109 Å². The Balaban J connectivity index is 2.57. The minimum Gasteiger partial charge on any atom is -0.270 e. The molecule has 0 aliphatic heterocycles. The van der Waals surface area contributed by atoms with Crippen LogP contribution >= 0.6 is 0 Å². The molecular formula is C21H42O6S2. The van der Waals surface area contributed by atoms with Gasteiger partial charge in [-0.3, -0.25) is 8.37 Å². The van der Waals surface area contributed by atoms with Crippen molar-refractivity contribution in [3.63, 3.8) is 0 Å². The second kappa shape index (κ2) is 13.3. The van der Waals surface area contributed by atoms with Crippen LogP contribution in [-0.2, 0) is 28.6 Å². The van der Waals surface area contributed by atoms with Gasteiger partial charge in [0.25, 0.3) is 20.2 Å². The van der Waals surface area contributed by atoms with Crippen LogP contribution in [0.3, 0.4) is 0 Å². The average molecular weight is 455 g/mol. The zero-order chi connectivity index (χ0) is 21.9. The van der Waals surface area contributed by atoms with Gasteiger partial charge in [-0.25, -0.2) is 0 Å². The molecule has 0 aromatic carbocycles. The van der Waals surface area contributed by atoms with Gasteiger partial charge < -0.3 is 0 Å². The van der Waals surface area contributed by atoms with Gasteiger partial charge in [0.05, 0.1) is 23.7 Å². The molecule has 0 heterocycles. The molecule has 1 rings (SSSR count). The van der Waals surface area contributed by atoms with Gasteiger partial charge in [0.2, 0.25) is 0 Å². The van der Waals surface area contributed by atoms with Crippen LogP contribution in [0.2, 0.25) is 0 Å². The summed E-state index contributed by atoms with van der Waals surface area (Å²) in [7, 11) is -7.50. The third-order valence-corrected chi connectivity index (χ3v) is 9.59. The summed E-state index contributed by atoms with van der Waals surface area (Å²) < 4.78 is 60.9. The fourth-order valence-corrected chi connectivity index (χ4v) is 6.85. The largest absolute Gasteiger partial charge is 0.270 e. The molecule has 174 valence electrons. The summed E-state index contributed by atoms with van der Waals surface area (Å²) in [5.74, 6) is 0.450. The van der Waals surface area contributed by atoms with Gasteiger partial charge >= 0.3 is 0 Å². The molecule has 0 amide bonds. The fraction of sp³-hybridized carbons (Fsp3) is 1.00. The fourth-order valence-electron chi connectivity index (χ4n) is 3.80. The predicted molar refractivity (Wildman–Crippen MR) is 118 cm³/mol. The lowest BCUT2D eigenvalue weighted by atomic mass is 10.0. The van der Waals surface area contributed by atoms with Crippen molar-refractivity contribution >= 4 is 20.2 Å². The maximum absolute atomic E-state index is 12.6. The summed E-state index contributed by atoms with van der Waals surface area (Å²) >= 11 is 0. The van der Waals surface area contributed by atoms with E-state index in [0.29, 0.717) is 12.8 Å². The van der Waals surface area contributed by atoms with Crippen LogP contribution in [0.25, 0.3) is 0 Å². The molecule has 6 nitrogen and oxygen atoms in total. The van der Waals surface area contributed by atoms with Crippen LogP contribution in [0.5, 0.6) is 0 Å². The zero-order valence-corrected chi connectivity index (χ0v) is 20.4. The Kier molecular flexibility index (Phi) is 12.3. The van der Waals surface area contributed by atoms with Crippen LogP contribution < -0.4 is 0 Å². The van der Waals surface area contributed by atoms with Crippen molar-refractivity contribution in [2.24, 2.45) is 11.8 Å². The molecule has 1 aliphatic carbocycles. The summed E-state index contributed by atoms with van der Waals surface area (Å²) in [6.07, 6.45) is 8.61. The Morgan fingerprint density at radius 2 is 1.10 bits per heavy atom. The Bertz CT molecular complexity index is 588. The molecule has 0 radical (unpaired) electrons. The van der Waals surface area contributed by atoms with Crippen LogP contribution in [0.1, 0.15) is 98.3 Å². The van der Waals surface area contributed by atoms with E-state index in [-0.39, 0.29) is 31.5 Å². The van der Waals surface area contributed by atoms with E-state index in [0.717, 1.165) is 51.4 Å². The minimum absolute atomic E-state index is 0.0716. The number of unbranched alkanes of at least 4 members (excludes halogenated alkanes) is 2. The lowest BCUT2D eigenvalue weighted by Gasteiger charge is -2.18. The van der Waals surface area contributed by atoms with Gasteiger partial charge in [0.15, 0.2) is 0 Å². The van der Waals surface area contributed by atoms with Crippen molar-refractivity contribution in [3.05, 3.63) is 0 Å². The highest BCUT2D eigenvalue weighted by atomic mass is 32.2. The molecule has 4 atom stereocenters. The molecule has 29 heavy (non-hydrogen) atoms. The topological polar surface area (TPSA) is 86.7 Å². The van der Waals surface area contributed by atoms with Crippen molar-refractivity contribution in [1.82, 2.24) is 0 Å². The summed E-state index contributed by atoms with van der Waals surface area (Å²) in [4.78, 5) is 0. The maximum atomic E-state index is 12.6. The van der Waals surface area contributed by atoms with Gasteiger partial charge in [-0.05, 0) is 43.9 Å². The standard InChI is InChI=1S/C21H42O6S2/c1-5-9-11-18(7-3)16-26-28(22,23)20-13-14-21(15-20)29(24,25)27-17-19(8-4)12-10-6-2/h18-21H,5-17H2,1-4H3. The molecule has 0 N–H and O–H groups in total. The quantitative estimate of drug-likeness (QED) is 0.304. The van der Waals surface area contributed by atoms with Crippen molar-refractivity contribution in [3.8, 4) is 0 Å². The van der Waals surface area contributed by atoms with Gasteiger partial charge in [0, 0.05) is 0 Å². The van der Waals surface area contributed by atoms with Gasteiger partial charge in [-0.1, -0.05) is 66.2 Å². The predicted octanol–water partition coefficient (Wildman–Crippen LogP) is 5.03. The number of hydrogen-bond donors (Lipinski definition) is 0. The van der Waals surface area contributed by atoms with E-state index in [1.54, 1.807) is 0 Å². The van der Waals surface area contributed by atoms with Crippen LogP contribution in [0.4, 0.5) is 0 Å². The molecular weight excluding hydrogens is 412 g/mol. The van der Waals surface area contributed by atoms with Crippen molar-refractivity contribution in [1.29, 1.82) is 0 Å². The highest BCUT2D eigenvalue weighted by Crippen LogP contribution is 2.32. The molecule has 8 heteroatoms. The van der Waals surface area contributed by atoms with Crippen LogP contribution in [-0.4, -0.2) is 40.5 Å². The van der Waals surface area contributed by atoms with Crippen LogP contribution in [0, 0.1) is 11.8 Å². The smallest absolute Gasteiger partial charge is 0.270 e. The van der Waals surface area contributed by atoms with E-state index in [2.05, 4.69) is 13.8 Å². The Hall–Kier alpha value is -0.180. The van der Waals surface area contributed by atoms with Gasteiger partial charge in [-0.2, -0.15) is 16.8 Å². The average Bonchev–Trinajstić information content (AvgIpc) is 3.20. The van der Waals surface area contributed by atoms with E-state index in [4.69, 9.17) is 8.37 Å². The molecule has 0 spiro atoms. The molecule has 1 aliphatic rings. The highest BCUT2D eigenvalue weighted by Gasteiger charge is 2.41. The molecule has 0 aromatic rings. The lowest BCUT2D eigenvalue weighted by molar-refractivity contribution is 0.233. The second-order valence-electron chi connectivity index (χ2n) is 8.44. The first-order valence-corrected chi connectivity index (χ1v) is 14.4. The molecule has 0 bridgehead atoms. The third-order valence-electron chi connectivity index (χ3n) is 6.18. The van der Waals surface area contributed by atoms with Crippen LogP contribution in [0.15, 0.2) is 0 Å². The van der Waals surface area contributed by atoms with Gasteiger partial charge in [0.1, 0.15) is 0 Å². The highest BCUT2D eigenvalue weighted by molar-refractivity contribution is 7.88. The van der Waals surface area contributed by atoms with E-state index in [1.165, 1.54) is 0 Å². The Labute approximate surface area is 179 Å². The minimum atomic E-state index is -3.75. The monoisotopic (exact) mass is 454 g/mol. The lowest BCUT2D eigenvalue weighted by Crippen LogP contribution is -2.27. The SMILES string of the molecule is CCCCC(CC)COS(=O)(=O)C1CCC(S(=O)(=O)OCC(CC)CCCC)C1. The van der Waals surface area contributed by atoms with E-state index >= 15 is 0 Å². The normalized spacial score (nSPS) is 22.6. The summed E-state index contributed by atoms with van der Waals surface area (Å²) in [6.45, 7) is 8.68. The van der Waals surface area contributed by atoms with E-state index in [9.17, 15) is 16.8 Å². The molecule has 4 unspecified atom stereocenters. The third kappa shape index (κ3) is 9.23. The molecule has 1 saturated carbocycles. The summed E-state index contributed by atoms with van der Waals surface area (Å²) in [5.41, 5.74) is 0. The van der Waals surface area contributed by atoms with Crippen molar-refractivity contribution in [2.75, 3.05) is 13.2 Å². The van der Waals surface area contributed by atoms with Gasteiger partial charge in [-0.15, -0.1) is 0 Å². The summed E-state index contributed by atoms with van der Waals surface area (Å²) in [6, 6.07) is 0. The number of hydrogen-bond acceptors (Lipinski definition) is 6. The number of rotatable bonds is 16.